The quantitative estimate of drug-likeness (QED) is 0.493. The van der Waals surface area contributed by atoms with Crippen LogP contribution in [0.15, 0.2) is 73.1 Å². The van der Waals surface area contributed by atoms with Gasteiger partial charge in [-0.05, 0) is 55.3 Å². The van der Waals surface area contributed by atoms with Crippen LogP contribution in [0.4, 0.5) is 4.39 Å². The first-order chi connectivity index (χ1) is 15.6. The number of H-pyrrole nitrogens is 1. The van der Waals surface area contributed by atoms with Crippen molar-refractivity contribution >= 4 is 5.91 Å². The predicted molar refractivity (Wildman–Crippen MR) is 119 cm³/mol. The maximum atomic E-state index is 13.4. The average Bonchev–Trinajstić information content (AvgIpc) is 3.53. The van der Waals surface area contributed by atoms with Crippen LogP contribution in [0.2, 0.25) is 0 Å². The van der Waals surface area contributed by atoms with Gasteiger partial charge in [0, 0.05) is 24.5 Å². The van der Waals surface area contributed by atoms with Crippen molar-refractivity contribution in [3.8, 4) is 17.1 Å². The van der Waals surface area contributed by atoms with E-state index in [-0.39, 0.29) is 18.3 Å². The standard InChI is InChI=1S/C25H23FN4O2/c1-17-4-6-18(7-5-17)12-14-29-23(31)16-32-25(29)21-15-30(20-10-8-19(26)9-11-20)28-24(21)22-3-2-13-27-22/h2-11,13,15,25,27H,12,14,16H2,1H3. The fourth-order valence-electron chi connectivity index (χ4n) is 3.94. The minimum Gasteiger partial charge on any atom is -0.360 e. The second-order valence-corrected chi connectivity index (χ2v) is 7.92. The number of benzene rings is 2. The molecule has 0 aliphatic carbocycles. The van der Waals surface area contributed by atoms with E-state index in [9.17, 15) is 9.18 Å². The van der Waals surface area contributed by atoms with E-state index in [1.54, 1.807) is 21.7 Å². The van der Waals surface area contributed by atoms with Crippen molar-refractivity contribution < 1.29 is 13.9 Å². The van der Waals surface area contributed by atoms with E-state index >= 15 is 0 Å². The number of amides is 1. The number of aromatic nitrogens is 3. The highest BCUT2D eigenvalue weighted by Gasteiger charge is 2.36. The highest BCUT2D eigenvalue weighted by molar-refractivity contribution is 5.80. The van der Waals surface area contributed by atoms with Crippen LogP contribution in [0.25, 0.3) is 17.1 Å². The van der Waals surface area contributed by atoms with Gasteiger partial charge in [-0.2, -0.15) is 5.10 Å². The van der Waals surface area contributed by atoms with E-state index in [2.05, 4.69) is 36.2 Å². The summed E-state index contributed by atoms with van der Waals surface area (Å²) in [5.74, 6) is -0.355. The molecule has 1 saturated heterocycles. The van der Waals surface area contributed by atoms with Crippen LogP contribution in [0.5, 0.6) is 0 Å². The number of ether oxygens (including phenoxy) is 1. The summed E-state index contributed by atoms with van der Waals surface area (Å²) in [5, 5.41) is 4.73. The second kappa shape index (κ2) is 8.43. The first-order valence-electron chi connectivity index (χ1n) is 10.5. The molecule has 1 fully saturated rings. The van der Waals surface area contributed by atoms with Crippen LogP contribution in [-0.2, 0) is 16.0 Å². The molecule has 0 spiro atoms. The molecule has 32 heavy (non-hydrogen) atoms. The Bertz CT molecular complexity index is 1210. The Morgan fingerprint density at radius 1 is 1.12 bits per heavy atom. The third-order valence-electron chi connectivity index (χ3n) is 5.68. The second-order valence-electron chi connectivity index (χ2n) is 7.92. The summed E-state index contributed by atoms with van der Waals surface area (Å²) in [6.07, 6.45) is 3.87. The number of aryl methyl sites for hydroxylation is 1. The lowest BCUT2D eigenvalue weighted by Crippen LogP contribution is -2.30. The van der Waals surface area contributed by atoms with Crippen molar-refractivity contribution in [1.29, 1.82) is 0 Å². The SMILES string of the molecule is Cc1ccc(CCN2C(=O)COC2c2cn(-c3ccc(F)cc3)nc2-c2ccc[nH]2)cc1. The molecule has 1 N–H and O–H groups in total. The van der Waals surface area contributed by atoms with Gasteiger partial charge < -0.3 is 14.6 Å². The fraction of sp³-hybridized carbons (Fsp3) is 0.200. The van der Waals surface area contributed by atoms with Gasteiger partial charge in [0.25, 0.3) is 5.91 Å². The average molecular weight is 430 g/mol. The maximum absolute atomic E-state index is 13.4. The maximum Gasteiger partial charge on any atom is 0.250 e. The largest absolute Gasteiger partial charge is 0.360 e. The van der Waals surface area contributed by atoms with E-state index in [1.165, 1.54) is 23.3 Å². The number of carbonyl (C=O) groups excluding carboxylic acids is 1. The van der Waals surface area contributed by atoms with E-state index in [0.29, 0.717) is 12.2 Å². The lowest BCUT2D eigenvalue weighted by Gasteiger charge is -2.23. The minimum absolute atomic E-state index is 0.0322. The molecule has 1 aliphatic heterocycles. The van der Waals surface area contributed by atoms with Gasteiger partial charge in [0.05, 0.1) is 11.4 Å². The molecule has 3 heterocycles. The molecule has 6 nitrogen and oxygen atoms in total. The number of nitrogens with one attached hydrogen (secondary N) is 1. The summed E-state index contributed by atoms with van der Waals surface area (Å²) >= 11 is 0. The fourth-order valence-corrected chi connectivity index (χ4v) is 3.94. The molecule has 0 saturated carbocycles. The number of hydrogen-bond donors (Lipinski definition) is 1. The number of halogens is 1. The Balaban J connectivity index is 1.48. The smallest absolute Gasteiger partial charge is 0.250 e. The van der Waals surface area contributed by atoms with Gasteiger partial charge in [-0.15, -0.1) is 0 Å². The summed E-state index contributed by atoms with van der Waals surface area (Å²) < 4.78 is 21.0. The van der Waals surface area contributed by atoms with Gasteiger partial charge >= 0.3 is 0 Å². The lowest BCUT2D eigenvalue weighted by atomic mass is 10.1. The minimum atomic E-state index is -0.541. The Morgan fingerprint density at radius 3 is 2.62 bits per heavy atom. The number of hydrogen-bond acceptors (Lipinski definition) is 3. The molecule has 1 atom stereocenters. The van der Waals surface area contributed by atoms with Gasteiger partial charge in [-0.1, -0.05) is 29.8 Å². The summed E-state index contributed by atoms with van der Waals surface area (Å²) in [5.41, 5.74) is 5.39. The highest BCUT2D eigenvalue weighted by Crippen LogP contribution is 2.34. The van der Waals surface area contributed by atoms with Crippen molar-refractivity contribution in [1.82, 2.24) is 19.7 Å². The molecule has 2 aromatic heterocycles. The van der Waals surface area contributed by atoms with E-state index in [0.717, 1.165) is 23.4 Å². The Hall–Kier alpha value is -3.71. The molecule has 0 bridgehead atoms. The molecule has 162 valence electrons. The van der Waals surface area contributed by atoms with Crippen molar-refractivity contribution in [2.24, 2.45) is 0 Å². The molecule has 7 heteroatoms. The molecular formula is C25H23FN4O2. The van der Waals surface area contributed by atoms with Crippen LogP contribution >= 0.6 is 0 Å². The van der Waals surface area contributed by atoms with E-state index < -0.39 is 6.23 Å². The van der Waals surface area contributed by atoms with Crippen molar-refractivity contribution in [2.45, 2.75) is 19.6 Å². The first kappa shape index (κ1) is 20.2. The summed E-state index contributed by atoms with van der Waals surface area (Å²) in [6, 6.07) is 18.3. The van der Waals surface area contributed by atoms with E-state index in [1.807, 2.05) is 24.5 Å². The Labute approximate surface area is 185 Å². The van der Waals surface area contributed by atoms with Crippen LogP contribution in [0.1, 0.15) is 22.9 Å². The van der Waals surface area contributed by atoms with Crippen LogP contribution < -0.4 is 0 Å². The number of nitrogens with zero attached hydrogens (tertiary/aromatic N) is 3. The van der Waals surface area contributed by atoms with Gasteiger partial charge in [0.2, 0.25) is 0 Å². The van der Waals surface area contributed by atoms with Gasteiger partial charge in [0.15, 0.2) is 6.23 Å². The molecule has 1 amide bonds. The number of rotatable bonds is 6. The summed E-state index contributed by atoms with van der Waals surface area (Å²) in [4.78, 5) is 17.6. The summed E-state index contributed by atoms with van der Waals surface area (Å²) in [7, 11) is 0. The van der Waals surface area contributed by atoms with Crippen LogP contribution in [-0.4, -0.2) is 38.7 Å². The third kappa shape index (κ3) is 3.94. The zero-order chi connectivity index (χ0) is 22.1. The topological polar surface area (TPSA) is 63.1 Å². The normalized spacial score (nSPS) is 16.1. The zero-order valence-corrected chi connectivity index (χ0v) is 17.7. The molecule has 1 aliphatic rings. The lowest BCUT2D eigenvalue weighted by molar-refractivity contribution is -0.128. The van der Waals surface area contributed by atoms with Crippen molar-refractivity contribution in [2.75, 3.05) is 13.2 Å². The molecular weight excluding hydrogens is 407 g/mol. The third-order valence-corrected chi connectivity index (χ3v) is 5.68. The van der Waals surface area contributed by atoms with Gasteiger partial charge in [-0.3, -0.25) is 4.79 Å². The monoisotopic (exact) mass is 430 g/mol. The highest BCUT2D eigenvalue weighted by atomic mass is 19.1. The molecule has 2 aromatic carbocycles. The van der Waals surface area contributed by atoms with Crippen LogP contribution in [0, 0.1) is 12.7 Å². The predicted octanol–water partition coefficient (Wildman–Crippen LogP) is 4.42. The first-order valence-corrected chi connectivity index (χ1v) is 10.5. The number of carbonyl (C=O) groups is 1. The molecule has 0 radical (unpaired) electrons. The Kier molecular flexibility index (Phi) is 5.33. The Morgan fingerprint density at radius 2 is 1.91 bits per heavy atom. The molecule has 4 aromatic rings. The molecule has 1 unspecified atom stereocenters. The van der Waals surface area contributed by atoms with Crippen LogP contribution in [0.3, 0.4) is 0 Å². The zero-order valence-electron chi connectivity index (χ0n) is 17.7. The van der Waals surface area contributed by atoms with Gasteiger partial charge in [0.1, 0.15) is 18.1 Å². The van der Waals surface area contributed by atoms with Crippen molar-refractivity contribution in [3.63, 3.8) is 0 Å². The summed E-state index contributed by atoms with van der Waals surface area (Å²) in [6.45, 7) is 2.63. The number of aromatic amines is 1. The molecule has 5 rings (SSSR count). The van der Waals surface area contributed by atoms with Gasteiger partial charge in [-0.25, -0.2) is 9.07 Å². The van der Waals surface area contributed by atoms with Crippen molar-refractivity contribution in [3.05, 3.63) is 95.6 Å². The van der Waals surface area contributed by atoms with E-state index in [4.69, 9.17) is 9.84 Å².